The third kappa shape index (κ3) is 3.48. The van der Waals surface area contributed by atoms with E-state index in [2.05, 4.69) is 15.5 Å². The average Bonchev–Trinajstić information content (AvgIpc) is 2.49. The van der Waals surface area contributed by atoms with Gasteiger partial charge in [0.15, 0.2) is 5.82 Å². The number of rotatable bonds is 4. The van der Waals surface area contributed by atoms with Crippen molar-refractivity contribution in [2.45, 2.75) is 38.9 Å². The Morgan fingerprint density at radius 1 is 1.31 bits per heavy atom. The molecule has 4 nitrogen and oxygen atoms in total. The molecule has 0 bridgehead atoms. The molecule has 0 unspecified atom stereocenters. The van der Waals surface area contributed by atoms with Gasteiger partial charge in [0.05, 0.1) is 5.54 Å². The third-order valence-corrected chi connectivity index (χ3v) is 1.98. The Kier molecular flexibility index (Phi) is 3.57. The molecule has 0 aliphatic heterocycles. The highest BCUT2D eigenvalue weighted by atomic mass is 19.4. The maximum atomic E-state index is 12.1. The lowest BCUT2D eigenvalue weighted by atomic mass is 10.1. The topological polar surface area (TPSA) is 51.0 Å². The highest BCUT2D eigenvalue weighted by Crippen LogP contribution is 2.22. The van der Waals surface area contributed by atoms with Crippen LogP contribution in [0, 0.1) is 0 Å². The molecular weight excluding hydrogens is 223 g/mol. The van der Waals surface area contributed by atoms with E-state index in [4.69, 9.17) is 4.52 Å². The molecule has 7 heteroatoms. The Morgan fingerprint density at radius 3 is 2.44 bits per heavy atom. The van der Waals surface area contributed by atoms with Crippen LogP contribution in [0.5, 0.6) is 0 Å². The molecule has 1 aromatic heterocycles. The molecule has 0 atom stereocenters. The Morgan fingerprint density at radius 2 is 1.94 bits per heavy atom. The van der Waals surface area contributed by atoms with Crippen LogP contribution < -0.4 is 5.32 Å². The van der Waals surface area contributed by atoms with E-state index in [1.807, 2.05) is 6.92 Å². The summed E-state index contributed by atoms with van der Waals surface area (Å²) in [5.41, 5.74) is -0.619. The van der Waals surface area contributed by atoms with Crippen molar-refractivity contribution in [2.75, 3.05) is 6.54 Å². The molecular formula is C9H14F3N3O. The predicted molar refractivity (Wildman–Crippen MR) is 50.8 cm³/mol. The number of hydrogen-bond acceptors (Lipinski definition) is 4. The van der Waals surface area contributed by atoms with Gasteiger partial charge in [-0.1, -0.05) is 12.1 Å². The van der Waals surface area contributed by atoms with Crippen molar-refractivity contribution in [1.29, 1.82) is 0 Å². The zero-order chi connectivity index (χ0) is 12.4. The van der Waals surface area contributed by atoms with Gasteiger partial charge in [-0.25, -0.2) is 0 Å². The van der Waals surface area contributed by atoms with Gasteiger partial charge in [0.25, 0.3) is 0 Å². The standard InChI is InChI=1S/C9H14F3N3O/c1-4-13-8(2,3)7-14-6(15-16-7)5-9(10,11)12/h13H,4-5H2,1-3H3. The molecule has 92 valence electrons. The molecule has 0 aliphatic rings. The van der Waals surface area contributed by atoms with Gasteiger partial charge in [-0.2, -0.15) is 18.2 Å². The first kappa shape index (κ1) is 13.0. The number of aromatic nitrogens is 2. The summed E-state index contributed by atoms with van der Waals surface area (Å²) in [5.74, 6) is -0.179. The van der Waals surface area contributed by atoms with Crippen molar-refractivity contribution in [3.05, 3.63) is 11.7 Å². The largest absolute Gasteiger partial charge is 0.396 e. The first-order valence-electron chi connectivity index (χ1n) is 4.89. The lowest BCUT2D eigenvalue weighted by molar-refractivity contribution is -0.128. The number of alkyl halides is 3. The van der Waals surface area contributed by atoms with Crippen molar-refractivity contribution >= 4 is 0 Å². The summed E-state index contributed by atoms with van der Waals surface area (Å²) in [4.78, 5) is 3.73. The summed E-state index contributed by atoms with van der Waals surface area (Å²) in [5, 5.41) is 6.34. The van der Waals surface area contributed by atoms with E-state index >= 15 is 0 Å². The fourth-order valence-corrected chi connectivity index (χ4v) is 1.28. The Balaban J connectivity index is 2.79. The molecule has 0 fully saturated rings. The quantitative estimate of drug-likeness (QED) is 0.870. The van der Waals surface area contributed by atoms with Gasteiger partial charge in [-0.05, 0) is 20.4 Å². The van der Waals surface area contributed by atoms with Crippen LogP contribution in [0.1, 0.15) is 32.5 Å². The Labute approximate surface area is 91.2 Å². The predicted octanol–water partition coefficient (Wildman–Crippen LogP) is 2.02. The van der Waals surface area contributed by atoms with Crippen LogP contribution in [0.3, 0.4) is 0 Å². The SMILES string of the molecule is CCNC(C)(C)c1nc(CC(F)(F)F)no1. The van der Waals surface area contributed by atoms with Crippen LogP contribution in [0.4, 0.5) is 13.2 Å². The molecule has 1 rings (SSSR count). The van der Waals surface area contributed by atoms with Gasteiger partial charge in [0.2, 0.25) is 5.89 Å². The van der Waals surface area contributed by atoms with Gasteiger partial charge in [0, 0.05) is 0 Å². The highest BCUT2D eigenvalue weighted by Gasteiger charge is 2.33. The minimum absolute atomic E-state index is 0.161. The lowest BCUT2D eigenvalue weighted by Crippen LogP contribution is -2.36. The molecule has 0 saturated carbocycles. The molecule has 0 saturated heterocycles. The Hall–Kier alpha value is -1.11. The summed E-state index contributed by atoms with van der Waals surface area (Å²) in [7, 11) is 0. The smallest absolute Gasteiger partial charge is 0.337 e. The normalized spacial score (nSPS) is 13.1. The van der Waals surface area contributed by atoms with Crippen LogP contribution in [0.2, 0.25) is 0 Å². The molecule has 0 amide bonds. The monoisotopic (exact) mass is 237 g/mol. The van der Waals surface area contributed by atoms with E-state index in [1.54, 1.807) is 13.8 Å². The van der Waals surface area contributed by atoms with Crippen LogP contribution in [0.15, 0.2) is 4.52 Å². The van der Waals surface area contributed by atoms with E-state index < -0.39 is 18.1 Å². The maximum absolute atomic E-state index is 12.1. The first-order chi connectivity index (χ1) is 7.24. The molecule has 1 heterocycles. The molecule has 1 aromatic rings. The lowest BCUT2D eigenvalue weighted by Gasteiger charge is -2.20. The second-order valence-corrected chi connectivity index (χ2v) is 3.96. The van der Waals surface area contributed by atoms with E-state index in [0.717, 1.165) is 0 Å². The van der Waals surface area contributed by atoms with Crippen LogP contribution in [0.25, 0.3) is 0 Å². The second kappa shape index (κ2) is 4.40. The van der Waals surface area contributed by atoms with Gasteiger partial charge in [0.1, 0.15) is 6.42 Å². The van der Waals surface area contributed by atoms with Crippen molar-refractivity contribution in [1.82, 2.24) is 15.5 Å². The van der Waals surface area contributed by atoms with Gasteiger partial charge >= 0.3 is 6.18 Å². The van der Waals surface area contributed by atoms with Crippen molar-refractivity contribution in [3.63, 3.8) is 0 Å². The number of hydrogen-bond donors (Lipinski definition) is 1. The second-order valence-electron chi connectivity index (χ2n) is 3.96. The molecule has 16 heavy (non-hydrogen) atoms. The van der Waals surface area contributed by atoms with Crippen molar-refractivity contribution in [3.8, 4) is 0 Å². The molecule has 0 radical (unpaired) electrons. The van der Waals surface area contributed by atoms with E-state index in [0.29, 0.717) is 6.54 Å². The number of nitrogens with one attached hydrogen (secondary N) is 1. The highest BCUT2D eigenvalue weighted by molar-refractivity contribution is 4.99. The molecule has 1 N–H and O–H groups in total. The fraction of sp³-hybridized carbons (Fsp3) is 0.778. The summed E-state index contributed by atoms with van der Waals surface area (Å²) in [6.45, 7) is 6.07. The van der Waals surface area contributed by atoms with E-state index in [9.17, 15) is 13.2 Å². The van der Waals surface area contributed by atoms with E-state index in [-0.39, 0.29) is 11.7 Å². The van der Waals surface area contributed by atoms with Gasteiger partial charge in [-0.15, -0.1) is 0 Å². The molecule has 0 aromatic carbocycles. The van der Waals surface area contributed by atoms with Gasteiger partial charge in [-0.3, -0.25) is 0 Å². The summed E-state index contributed by atoms with van der Waals surface area (Å²) in [6, 6.07) is 0. The minimum atomic E-state index is -4.32. The number of halogens is 3. The molecule has 0 spiro atoms. The fourth-order valence-electron chi connectivity index (χ4n) is 1.28. The maximum Gasteiger partial charge on any atom is 0.396 e. The Bertz CT molecular complexity index is 346. The van der Waals surface area contributed by atoms with Crippen LogP contribution in [-0.4, -0.2) is 22.9 Å². The molecule has 0 aliphatic carbocycles. The van der Waals surface area contributed by atoms with E-state index in [1.165, 1.54) is 0 Å². The average molecular weight is 237 g/mol. The summed E-state index contributed by atoms with van der Waals surface area (Å²) < 4.78 is 41.0. The summed E-state index contributed by atoms with van der Waals surface area (Å²) >= 11 is 0. The van der Waals surface area contributed by atoms with Crippen LogP contribution >= 0.6 is 0 Å². The third-order valence-electron chi connectivity index (χ3n) is 1.98. The van der Waals surface area contributed by atoms with Gasteiger partial charge < -0.3 is 9.84 Å². The minimum Gasteiger partial charge on any atom is -0.337 e. The van der Waals surface area contributed by atoms with Crippen LogP contribution in [-0.2, 0) is 12.0 Å². The summed E-state index contributed by atoms with van der Waals surface area (Å²) in [6.07, 6.45) is -5.48. The number of nitrogens with zero attached hydrogens (tertiary/aromatic N) is 2. The zero-order valence-electron chi connectivity index (χ0n) is 9.35. The van der Waals surface area contributed by atoms with Crippen molar-refractivity contribution in [2.24, 2.45) is 0 Å². The first-order valence-corrected chi connectivity index (χ1v) is 4.89. The zero-order valence-corrected chi connectivity index (χ0v) is 9.35. The van der Waals surface area contributed by atoms with Crippen molar-refractivity contribution < 1.29 is 17.7 Å².